The SMILES string of the molecule is CC[C@@H](C(=O)NC1CCCCC1)N(Cc1ccc(F)cc1)C(=O)CN(c1cccc(Cl)c1)S(=O)(=O)c1ccccc1. The van der Waals surface area contributed by atoms with E-state index in [0.29, 0.717) is 17.0 Å². The summed E-state index contributed by atoms with van der Waals surface area (Å²) in [6.07, 6.45) is 5.28. The number of halogens is 2. The van der Waals surface area contributed by atoms with E-state index in [0.717, 1.165) is 36.4 Å². The van der Waals surface area contributed by atoms with Crippen molar-refractivity contribution in [3.63, 3.8) is 0 Å². The number of nitrogens with one attached hydrogen (secondary N) is 1. The Morgan fingerprint density at radius 3 is 2.29 bits per heavy atom. The van der Waals surface area contributed by atoms with E-state index in [4.69, 9.17) is 11.6 Å². The fourth-order valence-corrected chi connectivity index (χ4v) is 6.74. The van der Waals surface area contributed by atoms with Crippen LogP contribution in [0.4, 0.5) is 10.1 Å². The van der Waals surface area contributed by atoms with Gasteiger partial charge in [-0.2, -0.15) is 0 Å². The molecule has 3 aromatic carbocycles. The summed E-state index contributed by atoms with van der Waals surface area (Å²) in [5.74, 6) is -1.27. The van der Waals surface area contributed by atoms with Crippen LogP contribution in [-0.2, 0) is 26.2 Å². The van der Waals surface area contributed by atoms with Gasteiger partial charge in [-0.05, 0) is 67.3 Å². The molecule has 218 valence electrons. The minimum absolute atomic E-state index is 0.00444. The number of sulfonamides is 1. The zero-order chi connectivity index (χ0) is 29.4. The molecule has 0 spiro atoms. The van der Waals surface area contributed by atoms with E-state index < -0.39 is 34.3 Å². The zero-order valence-electron chi connectivity index (χ0n) is 23.0. The van der Waals surface area contributed by atoms with E-state index in [1.807, 2.05) is 6.92 Å². The Labute approximate surface area is 246 Å². The van der Waals surface area contributed by atoms with Gasteiger partial charge >= 0.3 is 0 Å². The lowest BCUT2D eigenvalue weighted by Crippen LogP contribution is -2.54. The summed E-state index contributed by atoms with van der Waals surface area (Å²) in [7, 11) is -4.18. The quantitative estimate of drug-likeness (QED) is 0.296. The average Bonchev–Trinajstić information content (AvgIpc) is 2.97. The van der Waals surface area contributed by atoms with Crippen LogP contribution in [0.1, 0.15) is 51.0 Å². The summed E-state index contributed by atoms with van der Waals surface area (Å²) < 4.78 is 42.3. The van der Waals surface area contributed by atoms with E-state index in [9.17, 15) is 22.4 Å². The average molecular weight is 600 g/mol. The van der Waals surface area contributed by atoms with Crippen LogP contribution in [0.25, 0.3) is 0 Å². The van der Waals surface area contributed by atoms with Crippen LogP contribution in [0.5, 0.6) is 0 Å². The number of hydrogen-bond donors (Lipinski definition) is 1. The summed E-state index contributed by atoms with van der Waals surface area (Å²) in [5, 5.41) is 3.42. The van der Waals surface area contributed by atoms with E-state index >= 15 is 0 Å². The molecule has 0 unspecified atom stereocenters. The lowest BCUT2D eigenvalue weighted by atomic mass is 9.95. The number of hydrogen-bond acceptors (Lipinski definition) is 4. The maximum absolute atomic E-state index is 14.1. The Balaban J connectivity index is 1.69. The van der Waals surface area contributed by atoms with Crippen molar-refractivity contribution in [3.05, 3.63) is 95.3 Å². The monoisotopic (exact) mass is 599 g/mol. The fourth-order valence-electron chi connectivity index (χ4n) is 5.13. The number of anilines is 1. The molecule has 0 aliphatic heterocycles. The van der Waals surface area contributed by atoms with Crippen LogP contribution in [0.3, 0.4) is 0 Å². The number of carbonyl (C=O) groups is 2. The molecule has 1 N–H and O–H groups in total. The predicted octanol–water partition coefficient (Wildman–Crippen LogP) is 5.93. The molecular formula is C31H35ClFN3O4S. The van der Waals surface area contributed by atoms with Crippen molar-refractivity contribution in [2.45, 2.75) is 69.0 Å². The normalized spacial score (nSPS) is 14.7. The van der Waals surface area contributed by atoms with Crippen molar-refractivity contribution in [2.24, 2.45) is 0 Å². The molecule has 7 nitrogen and oxygen atoms in total. The van der Waals surface area contributed by atoms with Gasteiger partial charge in [-0.1, -0.05) is 74.2 Å². The van der Waals surface area contributed by atoms with Gasteiger partial charge in [0.25, 0.3) is 10.0 Å². The highest BCUT2D eigenvalue weighted by atomic mass is 35.5. The van der Waals surface area contributed by atoms with Gasteiger partial charge < -0.3 is 10.2 Å². The van der Waals surface area contributed by atoms with Crippen molar-refractivity contribution in [1.82, 2.24) is 10.2 Å². The first-order valence-corrected chi connectivity index (χ1v) is 15.7. The highest BCUT2D eigenvalue weighted by Crippen LogP contribution is 2.27. The highest BCUT2D eigenvalue weighted by molar-refractivity contribution is 7.92. The molecule has 0 aromatic heterocycles. The van der Waals surface area contributed by atoms with Gasteiger partial charge in [0, 0.05) is 17.6 Å². The first-order chi connectivity index (χ1) is 19.7. The Morgan fingerprint density at radius 1 is 0.976 bits per heavy atom. The van der Waals surface area contributed by atoms with Crippen LogP contribution in [0.2, 0.25) is 5.02 Å². The summed E-state index contributed by atoms with van der Waals surface area (Å²) in [5.41, 5.74) is 0.833. The van der Waals surface area contributed by atoms with Gasteiger partial charge in [0.05, 0.1) is 10.6 Å². The lowest BCUT2D eigenvalue weighted by Gasteiger charge is -2.34. The smallest absolute Gasteiger partial charge is 0.264 e. The molecule has 4 rings (SSSR count). The van der Waals surface area contributed by atoms with E-state index in [1.165, 1.54) is 35.2 Å². The summed E-state index contributed by atoms with van der Waals surface area (Å²) in [4.78, 5) is 29.0. The van der Waals surface area contributed by atoms with Gasteiger partial charge in [0.15, 0.2) is 0 Å². The topological polar surface area (TPSA) is 86.8 Å². The largest absolute Gasteiger partial charge is 0.352 e. The number of nitrogens with zero attached hydrogens (tertiary/aromatic N) is 2. The van der Waals surface area contributed by atoms with Crippen LogP contribution in [0, 0.1) is 5.82 Å². The van der Waals surface area contributed by atoms with Crippen molar-refractivity contribution in [2.75, 3.05) is 10.8 Å². The molecule has 0 bridgehead atoms. The maximum atomic E-state index is 14.1. The Hall–Kier alpha value is -3.43. The second-order valence-electron chi connectivity index (χ2n) is 10.2. The Morgan fingerprint density at radius 2 is 1.66 bits per heavy atom. The minimum atomic E-state index is -4.18. The predicted molar refractivity (Wildman–Crippen MR) is 158 cm³/mol. The fraction of sp³-hybridized carbons (Fsp3) is 0.355. The third-order valence-electron chi connectivity index (χ3n) is 7.31. The van der Waals surface area contributed by atoms with Gasteiger partial charge in [-0.25, -0.2) is 12.8 Å². The molecule has 1 fully saturated rings. The lowest BCUT2D eigenvalue weighted by molar-refractivity contribution is -0.140. The van der Waals surface area contributed by atoms with Crippen molar-refractivity contribution in [3.8, 4) is 0 Å². The molecule has 0 saturated heterocycles. The van der Waals surface area contributed by atoms with Crippen LogP contribution in [0.15, 0.2) is 83.8 Å². The van der Waals surface area contributed by atoms with Crippen molar-refractivity contribution in [1.29, 1.82) is 0 Å². The van der Waals surface area contributed by atoms with Crippen molar-refractivity contribution >= 4 is 39.1 Å². The molecule has 1 aliphatic rings. The number of amides is 2. The molecule has 3 aromatic rings. The van der Waals surface area contributed by atoms with Crippen molar-refractivity contribution < 1.29 is 22.4 Å². The molecule has 2 amide bonds. The van der Waals surface area contributed by atoms with E-state index in [-0.39, 0.29) is 29.1 Å². The molecule has 1 aliphatic carbocycles. The molecule has 1 saturated carbocycles. The van der Waals surface area contributed by atoms with Crippen LogP contribution >= 0.6 is 11.6 Å². The highest BCUT2D eigenvalue weighted by Gasteiger charge is 2.34. The molecule has 0 radical (unpaired) electrons. The first kappa shape index (κ1) is 30.5. The minimum Gasteiger partial charge on any atom is -0.352 e. The van der Waals surface area contributed by atoms with Gasteiger partial charge in [-0.15, -0.1) is 0 Å². The molecule has 1 atom stereocenters. The molecule has 0 heterocycles. The molecule has 10 heteroatoms. The zero-order valence-corrected chi connectivity index (χ0v) is 24.6. The number of carbonyl (C=O) groups excluding carboxylic acids is 2. The maximum Gasteiger partial charge on any atom is 0.264 e. The molecular weight excluding hydrogens is 565 g/mol. The molecule has 41 heavy (non-hydrogen) atoms. The van der Waals surface area contributed by atoms with Crippen LogP contribution in [-0.4, -0.2) is 43.8 Å². The van der Waals surface area contributed by atoms with Gasteiger partial charge in [-0.3, -0.25) is 13.9 Å². The summed E-state index contributed by atoms with van der Waals surface area (Å²) >= 11 is 6.21. The summed E-state index contributed by atoms with van der Waals surface area (Å²) in [6.45, 7) is 1.25. The van der Waals surface area contributed by atoms with E-state index in [1.54, 1.807) is 48.5 Å². The van der Waals surface area contributed by atoms with E-state index in [2.05, 4.69) is 5.32 Å². The van der Waals surface area contributed by atoms with Gasteiger partial charge in [0.1, 0.15) is 18.4 Å². The van der Waals surface area contributed by atoms with Gasteiger partial charge in [0.2, 0.25) is 11.8 Å². The third kappa shape index (κ3) is 7.86. The Bertz CT molecular complexity index is 1430. The second kappa shape index (κ2) is 14.0. The Kier molecular flexibility index (Phi) is 10.4. The standard InChI is InChI=1S/C31H35ClFN3O4S/c1-2-29(31(38)34-26-11-5-3-6-12-26)35(21-23-16-18-25(33)19-17-23)30(37)22-36(27-13-9-10-24(32)20-27)41(39,40)28-14-7-4-8-15-28/h4,7-10,13-20,26,29H,2-3,5-6,11-12,21-22H2,1H3,(H,34,38)/t29-/m0/s1. The van der Waals surface area contributed by atoms with Crippen LogP contribution < -0.4 is 9.62 Å². The summed E-state index contributed by atoms with van der Waals surface area (Å²) in [6, 6.07) is 19.0. The number of rotatable bonds is 11. The third-order valence-corrected chi connectivity index (χ3v) is 9.33. The first-order valence-electron chi connectivity index (χ1n) is 13.9. The second-order valence-corrected chi connectivity index (χ2v) is 12.5. The number of benzene rings is 3.